The summed E-state index contributed by atoms with van der Waals surface area (Å²) in [6.07, 6.45) is 3.32. The van der Waals surface area contributed by atoms with E-state index in [1.54, 1.807) is 12.2 Å². The van der Waals surface area contributed by atoms with Crippen LogP contribution in [0.3, 0.4) is 0 Å². The Hall–Kier alpha value is -1.88. The third kappa shape index (κ3) is 2.93. The van der Waals surface area contributed by atoms with Crippen molar-refractivity contribution < 1.29 is 4.79 Å². The van der Waals surface area contributed by atoms with E-state index in [1.165, 1.54) is 11.1 Å². The molecule has 0 unspecified atom stereocenters. The van der Waals surface area contributed by atoms with Crippen LogP contribution in [-0.4, -0.2) is 20.8 Å². The van der Waals surface area contributed by atoms with Crippen LogP contribution in [0.25, 0.3) is 6.08 Å². The van der Waals surface area contributed by atoms with Crippen molar-refractivity contribution in [3.05, 3.63) is 57.1 Å². The minimum absolute atomic E-state index is 0.00836. The fraction of sp³-hybridized carbons (Fsp3) is 0.250. The lowest BCUT2D eigenvalue weighted by atomic mass is 10.1. The zero-order valence-electron chi connectivity index (χ0n) is 12.0. The maximum Gasteiger partial charge on any atom is 0.247 e. The number of fused-ring (bicyclic) bond motifs is 1. The summed E-state index contributed by atoms with van der Waals surface area (Å²) in [6.45, 7) is 5.24. The summed E-state index contributed by atoms with van der Waals surface area (Å²) < 4.78 is 1.05. The first-order valence-electron chi connectivity index (χ1n) is 6.80. The van der Waals surface area contributed by atoms with Crippen LogP contribution in [0, 0.1) is 13.8 Å². The highest BCUT2D eigenvalue weighted by Crippen LogP contribution is 2.26. The maximum absolute atomic E-state index is 12.2. The number of rotatable bonds is 2. The first-order chi connectivity index (χ1) is 10.0. The van der Waals surface area contributed by atoms with Gasteiger partial charge in [-0.05, 0) is 43.2 Å². The summed E-state index contributed by atoms with van der Waals surface area (Å²) in [5.41, 5.74) is 4.40. The van der Waals surface area contributed by atoms with Crippen LogP contribution < -0.4 is 0 Å². The van der Waals surface area contributed by atoms with Gasteiger partial charge in [-0.15, -0.1) is 0 Å². The quantitative estimate of drug-likeness (QED) is 0.848. The van der Waals surface area contributed by atoms with Crippen molar-refractivity contribution in [2.45, 2.75) is 26.9 Å². The van der Waals surface area contributed by atoms with Crippen LogP contribution in [-0.2, 0) is 17.9 Å². The molecule has 108 valence electrons. The summed E-state index contributed by atoms with van der Waals surface area (Å²) in [5, 5.41) is 0. The minimum Gasteiger partial charge on any atom is -0.342 e. The number of nitrogens with zero attached hydrogens (tertiary/aromatic N) is 2. The van der Waals surface area contributed by atoms with E-state index in [-0.39, 0.29) is 5.91 Å². The van der Waals surface area contributed by atoms with E-state index in [2.05, 4.69) is 38.0 Å². The lowest BCUT2D eigenvalue weighted by molar-refractivity contribution is -0.126. The van der Waals surface area contributed by atoms with Crippen LogP contribution in [0.1, 0.15) is 28.3 Å². The molecule has 5 heteroatoms. The number of aromatic nitrogens is 2. The highest BCUT2D eigenvalue weighted by atomic mass is 79.9. The smallest absolute Gasteiger partial charge is 0.247 e. The summed E-state index contributed by atoms with van der Waals surface area (Å²) in [5.74, 6) is 0.729. The molecule has 0 saturated carbocycles. The van der Waals surface area contributed by atoms with Crippen LogP contribution in [0.5, 0.6) is 0 Å². The predicted octanol–water partition coefficient (Wildman–Crippen LogP) is 3.34. The van der Waals surface area contributed by atoms with Gasteiger partial charge < -0.3 is 9.88 Å². The van der Waals surface area contributed by atoms with Crippen molar-refractivity contribution in [1.82, 2.24) is 14.9 Å². The van der Waals surface area contributed by atoms with Crippen molar-refractivity contribution in [2.75, 3.05) is 0 Å². The fourth-order valence-electron chi connectivity index (χ4n) is 2.43. The summed E-state index contributed by atoms with van der Waals surface area (Å²) >= 11 is 3.46. The molecule has 0 saturated heterocycles. The highest BCUT2D eigenvalue weighted by Gasteiger charge is 2.21. The summed E-state index contributed by atoms with van der Waals surface area (Å²) in [4.78, 5) is 21.6. The summed E-state index contributed by atoms with van der Waals surface area (Å²) in [6, 6.07) is 6.15. The number of imidazole rings is 1. The van der Waals surface area contributed by atoms with E-state index < -0.39 is 0 Å². The van der Waals surface area contributed by atoms with Crippen LogP contribution >= 0.6 is 15.9 Å². The van der Waals surface area contributed by atoms with Crippen molar-refractivity contribution in [2.24, 2.45) is 0 Å². The maximum atomic E-state index is 12.2. The number of nitrogens with one attached hydrogen (secondary N) is 1. The molecular formula is C16H16BrN3O. The van der Waals surface area contributed by atoms with Gasteiger partial charge >= 0.3 is 0 Å². The van der Waals surface area contributed by atoms with E-state index in [1.807, 2.05) is 24.8 Å². The van der Waals surface area contributed by atoms with Gasteiger partial charge in [0.25, 0.3) is 0 Å². The largest absolute Gasteiger partial charge is 0.342 e. The monoisotopic (exact) mass is 345 g/mol. The number of amides is 1. The van der Waals surface area contributed by atoms with Gasteiger partial charge in [-0.2, -0.15) is 0 Å². The number of carbonyl (C=O) groups is 1. The zero-order valence-corrected chi connectivity index (χ0v) is 13.6. The molecule has 1 aliphatic heterocycles. The average molecular weight is 346 g/mol. The molecule has 1 N–H and O–H groups in total. The first kappa shape index (κ1) is 14.1. The molecule has 1 aromatic heterocycles. The molecule has 1 amide bonds. The molecule has 1 aliphatic rings. The van der Waals surface area contributed by atoms with Gasteiger partial charge in [-0.25, -0.2) is 4.98 Å². The van der Waals surface area contributed by atoms with Gasteiger partial charge in [0.1, 0.15) is 5.82 Å². The fourth-order valence-corrected chi connectivity index (χ4v) is 2.84. The Labute approximate surface area is 132 Å². The Bertz CT molecular complexity index is 714. The van der Waals surface area contributed by atoms with Crippen molar-refractivity contribution >= 4 is 27.9 Å². The second-order valence-electron chi connectivity index (χ2n) is 5.27. The second-order valence-corrected chi connectivity index (χ2v) is 6.19. The standard InChI is InChI=1S/C16H16BrN3O/c1-10-11(2)19-15(18-10)5-6-16(21)20-8-12-3-4-14(17)7-13(12)9-20/h3-7H,8-9H2,1-2H3,(H,18,19)/b6-5+. The second kappa shape index (κ2) is 5.48. The van der Waals surface area contributed by atoms with Gasteiger partial charge in [0, 0.05) is 29.3 Å². The number of benzene rings is 1. The molecule has 21 heavy (non-hydrogen) atoms. The number of hydrogen-bond donors (Lipinski definition) is 1. The topological polar surface area (TPSA) is 49.0 Å². The van der Waals surface area contributed by atoms with E-state index in [4.69, 9.17) is 0 Å². The molecule has 0 spiro atoms. The molecule has 1 aromatic carbocycles. The number of halogens is 1. The molecular weight excluding hydrogens is 330 g/mol. The third-order valence-electron chi connectivity index (χ3n) is 3.73. The molecule has 2 aromatic rings. The predicted molar refractivity (Wildman–Crippen MR) is 85.5 cm³/mol. The minimum atomic E-state index is 0.00836. The Kier molecular flexibility index (Phi) is 3.68. The van der Waals surface area contributed by atoms with Crippen molar-refractivity contribution in [3.8, 4) is 0 Å². The summed E-state index contributed by atoms with van der Waals surface area (Å²) in [7, 11) is 0. The van der Waals surface area contributed by atoms with Gasteiger partial charge in [-0.3, -0.25) is 4.79 Å². The molecule has 2 heterocycles. The molecule has 0 aliphatic carbocycles. The molecule has 3 rings (SSSR count). The number of hydrogen-bond acceptors (Lipinski definition) is 2. The third-order valence-corrected chi connectivity index (χ3v) is 4.23. The molecule has 0 atom stereocenters. The van der Waals surface area contributed by atoms with Crippen LogP contribution in [0.15, 0.2) is 28.7 Å². The molecule has 0 bridgehead atoms. The van der Waals surface area contributed by atoms with E-state index in [0.717, 1.165) is 21.7 Å². The van der Waals surface area contributed by atoms with Crippen molar-refractivity contribution in [3.63, 3.8) is 0 Å². The van der Waals surface area contributed by atoms with Crippen LogP contribution in [0.4, 0.5) is 0 Å². The number of aryl methyl sites for hydroxylation is 2. The lowest BCUT2D eigenvalue weighted by Gasteiger charge is -2.12. The Morgan fingerprint density at radius 3 is 2.81 bits per heavy atom. The Balaban J connectivity index is 1.70. The van der Waals surface area contributed by atoms with Gasteiger partial charge in [-0.1, -0.05) is 22.0 Å². The number of aromatic amines is 1. The molecule has 0 radical (unpaired) electrons. The van der Waals surface area contributed by atoms with Gasteiger partial charge in [0.2, 0.25) is 5.91 Å². The van der Waals surface area contributed by atoms with E-state index in [0.29, 0.717) is 13.1 Å². The molecule has 0 fully saturated rings. The Morgan fingerprint density at radius 1 is 1.33 bits per heavy atom. The van der Waals surface area contributed by atoms with Crippen LogP contribution in [0.2, 0.25) is 0 Å². The van der Waals surface area contributed by atoms with Gasteiger partial charge in [0.05, 0.1) is 5.69 Å². The van der Waals surface area contributed by atoms with Gasteiger partial charge in [0.15, 0.2) is 0 Å². The SMILES string of the molecule is Cc1nc(/C=C/C(=O)N2Cc3ccc(Br)cc3C2)[nH]c1C. The number of carbonyl (C=O) groups excluding carboxylic acids is 1. The van der Waals surface area contributed by atoms with E-state index in [9.17, 15) is 4.79 Å². The first-order valence-corrected chi connectivity index (χ1v) is 7.60. The molecule has 4 nitrogen and oxygen atoms in total. The average Bonchev–Trinajstić information content (AvgIpc) is 3.00. The number of H-pyrrole nitrogens is 1. The van der Waals surface area contributed by atoms with Crippen molar-refractivity contribution in [1.29, 1.82) is 0 Å². The Morgan fingerprint density at radius 2 is 2.10 bits per heavy atom. The normalized spacial score (nSPS) is 14.0. The highest BCUT2D eigenvalue weighted by molar-refractivity contribution is 9.10. The lowest BCUT2D eigenvalue weighted by Crippen LogP contribution is -2.22. The zero-order chi connectivity index (χ0) is 15.0. The van der Waals surface area contributed by atoms with E-state index >= 15 is 0 Å².